The molecule has 1 heterocycles. The van der Waals surface area contributed by atoms with Gasteiger partial charge >= 0.3 is 5.97 Å². The average molecular weight is 346 g/mol. The Morgan fingerprint density at radius 3 is 2.57 bits per heavy atom. The van der Waals surface area contributed by atoms with E-state index >= 15 is 0 Å². The molecule has 0 spiro atoms. The van der Waals surface area contributed by atoms with Crippen molar-refractivity contribution < 1.29 is 14.7 Å². The lowest BCUT2D eigenvalue weighted by atomic mass is 10.2. The predicted octanol–water partition coefficient (Wildman–Crippen LogP) is 2.67. The molecule has 2 aromatic rings. The summed E-state index contributed by atoms with van der Waals surface area (Å²) in [6.07, 6.45) is 1.12. The van der Waals surface area contributed by atoms with Crippen molar-refractivity contribution in [3.8, 4) is 6.07 Å². The van der Waals surface area contributed by atoms with Gasteiger partial charge in [-0.15, -0.1) is 0 Å². The van der Waals surface area contributed by atoms with Gasteiger partial charge in [-0.05, 0) is 46.3 Å². The van der Waals surface area contributed by atoms with Crippen LogP contribution in [0.2, 0.25) is 0 Å². The van der Waals surface area contributed by atoms with E-state index in [9.17, 15) is 9.59 Å². The number of hydrogen-bond donors (Lipinski definition) is 2. The summed E-state index contributed by atoms with van der Waals surface area (Å²) in [6.45, 7) is 0. The third kappa shape index (κ3) is 3.43. The number of amides is 1. The molecule has 0 saturated carbocycles. The van der Waals surface area contributed by atoms with E-state index in [4.69, 9.17) is 10.4 Å². The molecule has 0 unspecified atom stereocenters. The van der Waals surface area contributed by atoms with Crippen LogP contribution in [0.15, 0.2) is 41.0 Å². The largest absolute Gasteiger partial charge is 0.478 e. The maximum absolute atomic E-state index is 12.0. The Kier molecular flexibility index (Phi) is 4.30. The zero-order chi connectivity index (χ0) is 15.4. The zero-order valence-corrected chi connectivity index (χ0v) is 12.1. The number of hydrogen-bond acceptors (Lipinski definition) is 4. The van der Waals surface area contributed by atoms with Crippen LogP contribution in [-0.4, -0.2) is 22.0 Å². The summed E-state index contributed by atoms with van der Waals surface area (Å²) in [5.74, 6) is -1.58. The fourth-order valence-electron chi connectivity index (χ4n) is 1.53. The lowest BCUT2D eigenvalue weighted by Gasteiger charge is -2.07. The first-order chi connectivity index (χ1) is 10.0. The number of halogens is 1. The van der Waals surface area contributed by atoms with E-state index < -0.39 is 11.9 Å². The van der Waals surface area contributed by atoms with Gasteiger partial charge in [0.2, 0.25) is 0 Å². The Morgan fingerprint density at radius 2 is 2.05 bits per heavy atom. The highest BCUT2D eigenvalue weighted by Crippen LogP contribution is 2.23. The Hall–Kier alpha value is -2.72. The molecule has 2 rings (SSSR count). The van der Waals surface area contributed by atoms with Gasteiger partial charge in [-0.25, -0.2) is 4.79 Å². The molecule has 0 fully saturated rings. The van der Waals surface area contributed by atoms with Crippen molar-refractivity contribution in [2.45, 2.75) is 0 Å². The third-order valence-corrected chi connectivity index (χ3v) is 3.25. The van der Waals surface area contributed by atoms with Gasteiger partial charge in [0.15, 0.2) is 0 Å². The maximum atomic E-state index is 12.0. The van der Waals surface area contributed by atoms with Crippen molar-refractivity contribution in [3.63, 3.8) is 0 Å². The molecule has 21 heavy (non-hydrogen) atoms. The minimum atomic E-state index is -1.11. The van der Waals surface area contributed by atoms with Crippen LogP contribution in [-0.2, 0) is 0 Å². The fraction of sp³-hybridized carbons (Fsp3) is 0. The van der Waals surface area contributed by atoms with Crippen LogP contribution in [0.5, 0.6) is 0 Å². The van der Waals surface area contributed by atoms with Crippen LogP contribution < -0.4 is 5.32 Å². The minimum absolute atomic E-state index is 0.00565. The van der Waals surface area contributed by atoms with Gasteiger partial charge in [-0.1, -0.05) is 0 Å². The predicted molar refractivity (Wildman–Crippen MR) is 78.0 cm³/mol. The molecule has 0 atom stereocenters. The molecule has 0 aliphatic heterocycles. The first kappa shape index (κ1) is 14.7. The van der Waals surface area contributed by atoms with Crippen molar-refractivity contribution in [1.29, 1.82) is 5.26 Å². The summed E-state index contributed by atoms with van der Waals surface area (Å²) in [5.41, 5.74) is 1.05. The van der Waals surface area contributed by atoms with E-state index in [-0.39, 0.29) is 11.3 Å². The van der Waals surface area contributed by atoms with E-state index in [0.717, 1.165) is 6.20 Å². The van der Waals surface area contributed by atoms with Crippen LogP contribution in [0.1, 0.15) is 26.4 Å². The summed E-state index contributed by atoms with van der Waals surface area (Å²) in [4.78, 5) is 26.5. The topological polar surface area (TPSA) is 103 Å². The number of nitrogens with one attached hydrogen (secondary N) is 1. The SMILES string of the molecule is N#Cc1ccc(NC(=O)c2ccc(C(=O)O)cn2)c(Br)c1. The van der Waals surface area contributed by atoms with Gasteiger partial charge in [0.25, 0.3) is 5.91 Å². The quantitative estimate of drug-likeness (QED) is 0.889. The van der Waals surface area contributed by atoms with E-state index in [0.29, 0.717) is 15.7 Å². The van der Waals surface area contributed by atoms with Gasteiger partial charge in [-0.3, -0.25) is 9.78 Å². The van der Waals surface area contributed by atoms with Gasteiger partial charge in [0.1, 0.15) is 5.69 Å². The zero-order valence-electron chi connectivity index (χ0n) is 10.5. The standard InChI is InChI=1S/C14H8BrN3O3/c15-10-5-8(6-16)1-3-11(10)18-13(19)12-4-2-9(7-17-12)14(20)21/h1-5,7H,(H,18,19)(H,20,21). The molecule has 7 heteroatoms. The number of carboxylic acids is 1. The second-order valence-corrected chi connectivity index (χ2v) is 4.85. The minimum Gasteiger partial charge on any atom is -0.478 e. The van der Waals surface area contributed by atoms with Crippen LogP contribution in [0.4, 0.5) is 5.69 Å². The average Bonchev–Trinajstić information content (AvgIpc) is 2.49. The van der Waals surface area contributed by atoms with Gasteiger partial charge < -0.3 is 10.4 Å². The number of carbonyl (C=O) groups excluding carboxylic acids is 1. The number of rotatable bonds is 3. The number of nitriles is 1. The Balaban J connectivity index is 2.18. The number of nitrogens with zero attached hydrogens (tertiary/aromatic N) is 2. The molecule has 0 saturated heterocycles. The van der Waals surface area contributed by atoms with Crippen molar-refractivity contribution in [1.82, 2.24) is 4.98 Å². The molecule has 0 aliphatic rings. The Labute approximate surface area is 128 Å². The Bertz CT molecular complexity index is 751. The number of aromatic nitrogens is 1. The van der Waals surface area contributed by atoms with Crippen LogP contribution in [0.3, 0.4) is 0 Å². The van der Waals surface area contributed by atoms with Crippen molar-refractivity contribution in [2.24, 2.45) is 0 Å². The van der Waals surface area contributed by atoms with E-state index in [1.165, 1.54) is 12.1 Å². The molecular formula is C14H8BrN3O3. The molecule has 2 N–H and O–H groups in total. The highest BCUT2D eigenvalue weighted by Gasteiger charge is 2.11. The third-order valence-electron chi connectivity index (χ3n) is 2.59. The summed E-state index contributed by atoms with van der Waals surface area (Å²) in [7, 11) is 0. The van der Waals surface area contributed by atoms with Crippen LogP contribution in [0, 0.1) is 11.3 Å². The molecule has 1 aromatic heterocycles. The van der Waals surface area contributed by atoms with Gasteiger partial charge in [-0.2, -0.15) is 5.26 Å². The summed E-state index contributed by atoms with van der Waals surface area (Å²) < 4.78 is 0.567. The summed E-state index contributed by atoms with van der Waals surface area (Å²) in [6, 6.07) is 9.36. The molecule has 0 aliphatic carbocycles. The molecule has 0 bridgehead atoms. The monoisotopic (exact) mass is 345 g/mol. The van der Waals surface area contributed by atoms with Crippen molar-refractivity contribution in [3.05, 3.63) is 57.8 Å². The second kappa shape index (κ2) is 6.15. The number of benzene rings is 1. The van der Waals surface area contributed by atoms with Crippen molar-refractivity contribution in [2.75, 3.05) is 5.32 Å². The van der Waals surface area contributed by atoms with Gasteiger partial charge in [0.05, 0.1) is 22.9 Å². The normalized spacial score (nSPS) is 9.71. The summed E-state index contributed by atoms with van der Waals surface area (Å²) in [5, 5.41) is 20.2. The molecule has 6 nitrogen and oxygen atoms in total. The summed E-state index contributed by atoms with van der Waals surface area (Å²) >= 11 is 3.26. The molecule has 1 amide bonds. The number of pyridine rings is 1. The second-order valence-electron chi connectivity index (χ2n) is 4.00. The maximum Gasteiger partial charge on any atom is 0.337 e. The number of anilines is 1. The molecule has 104 valence electrons. The van der Waals surface area contributed by atoms with E-state index in [1.807, 2.05) is 6.07 Å². The highest BCUT2D eigenvalue weighted by molar-refractivity contribution is 9.10. The number of aromatic carboxylic acids is 1. The Morgan fingerprint density at radius 1 is 1.29 bits per heavy atom. The first-order valence-electron chi connectivity index (χ1n) is 5.71. The lowest BCUT2D eigenvalue weighted by Crippen LogP contribution is -2.14. The highest BCUT2D eigenvalue weighted by atomic mass is 79.9. The van der Waals surface area contributed by atoms with E-state index in [2.05, 4.69) is 26.2 Å². The van der Waals surface area contributed by atoms with Crippen LogP contribution in [0.25, 0.3) is 0 Å². The number of carbonyl (C=O) groups is 2. The van der Waals surface area contributed by atoms with Gasteiger partial charge in [0, 0.05) is 10.7 Å². The van der Waals surface area contributed by atoms with Crippen molar-refractivity contribution >= 4 is 33.5 Å². The fourth-order valence-corrected chi connectivity index (χ4v) is 2.00. The molecule has 0 radical (unpaired) electrons. The first-order valence-corrected chi connectivity index (χ1v) is 6.51. The lowest BCUT2D eigenvalue weighted by molar-refractivity contribution is 0.0696. The molecular weight excluding hydrogens is 338 g/mol. The number of carboxylic acid groups (broad SMARTS) is 1. The molecule has 1 aromatic carbocycles. The van der Waals surface area contributed by atoms with Crippen LogP contribution >= 0.6 is 15.9 Å². The van der Waals surface area contributed by atoms with E-state index in [1.54, 1.807) is 18.2 Å². The smallest absolute Gasteiger partial charge is 0.337 e.